The quantitative estimate of drug-likeness (QED) is 0.136. The van der Waals surface area contributed by atoms with Gasteiger partial charge in [0.2, 0.25) is 0 Å². The molecule has 0 atom stereocenters. The molecule has 4 aromatic carbocycles. The first-order chi connectivity index (χ1) is 16.2. The number of benzene rings is 4. The van der Waals surface area contributed by atoms with E-state index in [9.17, 15) is 44.0 Å². The molecule has 12 nitrogen and oxygen atoms in total. The van der Waals surface area contributed by atoms with Gasteiger partial charge in [-0.05, 0) is 35.7 Å². The first-order valence-electron chi connectivity index (χ1n) is 9.30. The normalized spacial score (nSPS) is 12.4. The Bertz CT molecular complexity index is 1900. The Hall–Kier alpha value is -0.834. The van der Waals surface area contributed by atoms with Gasteiger partial charge in [0, 0.05) is 16.2 Å². The molecule has 0 saturated heterocycles. The van der Waals surface area contributed by atoms with E-state index in [1.807, 2.05) is 0 Å². The second-order valence-electron chi connectivity index (χ2n) is 7.16. The topological polar surface area (TPSA) is 214 Å². The first-order valence-corrected chi connectivity index (χ1v) is 13.6. The zero-order valence-electron chi connectivity index (χ0n) is 19.1. The van der Waals surface area contributed by atoms with Gasteiger partial charge in [-0.1, -0.05) is 30.3 Å². The van der Waals surface area contributed by atoms with Gasteiger partial charge in [0.15, 0.2) is 0 Å². The van der Waals surface area contributed by atoms with Crippen molar-refractivity contribution < 1.29 is 125 Å². The van der Waals surface area contributed by atoms with Gasteiger partial charge in [-0.25, -0.2) is 16.8 Å². The Balaban J connectivity index is 0.00000241. The summed E-state index contributed by atoms with van der Waals surface area (Å²) < 4.78 is 103. The zero-order chi connectivity index (χ0) is 25.8. The number of phenols is 1. The van der Waals surface area contributed by atoms with Crippen molar-refractivity contribution in [2.45, 2.75) is 14.7 Å². The summed E-state index contributed by atoms with van der Waals surface area (Å²) in [6.45, 7) is 0. The SMILES string of the molecule is O=S(=O)([O-])c1cc(S(=O)(=O)[O-])c2c(N=Nc3ccc(S(=O)(=O)O)c4ccccc34)c(O)ccc2c1.[K+].[Na+]. The van der Waals surface area contributed by atoms with Crippen molar-refractivity contribution in [1.82, 2.24) is 0 Å². The third-order valence-electron chi connectivity index (χ3n) is 4.96. The predicted molar refractivity (Wildman–Crippen MR) is 119 cm³/mol. The van der Waals surface area contributed by atoms with E-state index < -0.39 is 61.9 Å². The van der Waals surface area contributed by atoms with E-state index in [4.69, 9.17) is 0 Å². The summed E-state index contributed by atoms with van der Waals surface area (Å²) in [6.07, 6.45) is 0. The van der Waals surface area contributed by atoms with Gasteiger partial charge in [0.05, 0.1) is 15.5 Å². The van der Waals surface area contributed by atoms with Crippen LogP contribution in [0.4, 0.5) is 11.4 Å². The smallest absolute Gasteiger partial charge is 0.744 e. The van der Waals surface area contributed by atoms with Gasteiger partial charge in [-0.3, -0.25) is 4.55 Å². The summed E-state index contributed by atoms with van der Waals surface area (Å²) >= 11 is 0. The van der Waals surface area contributed by atoms with E-state index in [2.05, 4.69) is 10.2 Å². The largest absolute Gasteiger partial charge is 1.00 e. The van der Waals surface area contributed by atoms with Crippen LogP contribution < -0.4 is 80.9 Å². The summed E-state index contributed by atoms with van der Waals surface area (Å²) in [7, 11) is -15.1. The molecule has 0 amide bonds. The maximum absolute atomic E-state index is 11.9. The van der Waals surface area contributed by atoms with Gasteiger partial charge in [-0.2, -0.15) is 8.42 Å². The fraction of sp³-hybridized carbons (Fsp3) is 0. The van der Waals surface area contributed by atoms with Crippen LogP contribution in [0.3, 0.4) is 0 Å². The number of rotatable bonds is 5. The number of fused-ring (bicyclic) bond motifs is 2. The van der Waals surface area contributed by atoms with Crippen molar-refractivity contribution in [3.8, 4) is 5.75 Å². The van der Waals surface area contributed by atoms with Crippen LogP contribution in [0.1, 0.15) is 0 Å². The fourth-order valence-corrected chi connectivity index (χ4v) is 5.53. The molecule has 0 aliphatic rings. The molecule has 4 aromatic rings. The van der Waals surface area contributed by atoms with Crippen LogP contribution in [0.2, 0.25) is 0 Å². The molecule has 17 heteroatoms. The van der Waals surface area contributed by atoms with Crippen LogP contribution in [-0.2, 0) is 30.4 Å². The number of aromatic hydroxyl groups is 1. The molecule has 0 aliphatic carbocycles. The Labute approximate surface area is 275 Å². The third-order valence-corrected chi connectivity index (χ3v) is 7.55. The summed E-state index contributed by atoms with van der Waals surface area (Å²) in [5, 5.41) is 17.8. The second-order valence-corrected chi connectivity index (χ2v) is 11.3. The molecule has 0 bridgehead atoms. The molecular weight excluding hydrogens is 587 g/mol. The van der Waals surface area contributed by atoms with Crippen LogP contribution >= 0.6 is 0 Å². The maximum atomic E-state index is 11.9. The van der Waals surface area contributed by atoms with Crippen LogP contribution in [0.25, 0.3) is 21.5 Å². The minimum absolute atomic E-state index is 0. The Morgan fingerprint density at radius 2 is 1.35 bits per heavy atom. The zero-order valence-corrected chi connectivity index (χ0v) is 26.6. The van der Waals surface area contributed by atoms with Gasteiger partial charge < -0.3 is 14.2 Å². The molecule has 0 fully saturated rings. The summed E-state index contributed by atoms with van der Waals surface area (Å²) in [6, 6.07) is 11.5. The molecule has 0 saturated carbocycles. The Kier molecular flexibility index (Phi) is 10.3. The Morgan fingerprint density at radius 3 is 1.92 bits per heavy atom. The van der Waals surface area contributed by atoms with Crippen LogP contribution in [0.15, 0.2) is 85.6 Å². The van der Waals surface area contributed by atoms with E-state index in [0.717, 1.165) is 24.3 Å². The molecule has 4 rings (SSSR count). The molecule has 182 valence electrons. The molecule has 0 aliphatic heterocycles. The van der Waals surface area contributed by atoms with Crippen molar-refractivity contribution in [3.63, 3.8) is 0 Å². The molecule has 0 radical (unpaired) electrons. The average Bonchev–Trinajstić information content (AvgIpc) is 2.75. The predicted octanol–water partition coefficient (Wildman–Crippen LogP) is -2.82. The van der Waals surface area contributed by atoms with E-state index in [-0.39, 0.29) is 103 Å². The first kappa shape index (κ1) is 32.4. The van der Waals surface area contributed by atoms with Crippen molar-refractivity contribution in [1.29, 1.82) is 0 Å². The molecular formula is C20H12KN2NaO10S3. The maximum Gasteiger partial charge on any atom is 1.00 e. The molecule has 0 spiro atoms. The molecule has 0 aromatic heterocycles. The number of hydrogen-bond donors (Lipinski definition) is 2. The van der Waals surface area contributed by atoms with Gasteiger partial charge >= 0.3 is 80.9 Å². The van der Waals surface area contributed by atoms with Gasteiger partial charge in [-0.15, -0.1) is 10.2 Å². The molecule has 0 heterocycles. The van der Waals surface area contributed by atoms with Gasteiger partial charge in [0.25, 0.3) is 10.1 Å². The minimum atomic E-state index is -5.35. The second kappa shape index (κ2) is 11.7. The van der Waals surface area contributed by atoms with E-state index in [1.165, 1.54) is 24.3 Å². The van der Waals surface area contributed by atoms with E-state index in [0.29, 0.717) is 6.07 Å². The van der Waals surface area contributed by atoms with Crippen molar-refractivity contribution in [2.75, 3.05) is 0 Å². The molecule has 37 heavy (non-hydrogen) atoms. The molecule has 0 unspecified atom stereocenters. The van der Waals surface area contributed by atoms with Crippen LogP contribution in [0, 0.1) is 0 Å². The average molecular weight is 599 g/mol. The number of hydrogen-bond acceptors (Lipinski definition) is 11. The van der Waals surface area contributed by atoms with E-state index >= 15 is 0 Å². The standard InChI is InChI=1S/C20H14N2O10S3.K.Na/c23-16-7-5-11-9-12(33(24,25)26)10-18(35(30,31)32)19(11)20(16)22-21-15-6-8-17(34(27,28)29)14-4-2-1-3-13(14)15;;/h1-10,23H,(H,24,25,26)(H,27,28,29)(H,30,31,32);;/q;2*+1/p-2. The van der Waals surface area contributed by atoms with Gasteiger partial charge in [0.1, 0.15) is 36.6 Å². The number of azo groups is 1. The number of nitrogens with zero attached hydrogens (tertiary/aromatic N) is 2. The van der Waals surface area contributed by atoms with Crippen LogP contribution in [-0.4, -0.2) is 44.0 Å². The van der Waals surface area contributed by atoms with Crippen molar-refractivity contribution in [2.24, 2.45) is 10.2 Å². The fourth-order valence-electron chi connectivity index (χ4n) is 3.49. The molecule has 2 N–H and O–H groups in total. The summed E-state index contributed by atoms with van der Waals surface area (Å²) in [4.78, 5) is -2.48. The van der Waals surface area contributed by atoms with E-state index in [1.54, 1.807) is 6.07 Å². The monoisotopic (exact) mass is 598 g/mol. The number of phenolic OH excluding ortho intramolecular Hbond substituents is 1. The summed E-state index contributed by atoms with van der Waals surface area (Å²) in [5.41, 5.74) is -0.468. The van der Waals surface area contributed by atoms with Crippen molar-refractivity contribution >= 4 is 63.3 Å². The Morgan fingerprint density at radius 1 is 0.730 bits per heavy atom. The third kappa shape index (κ3) is 6.85. The van der Waals surface area contributed by atoms with Crippen LogP contribution in [0.5, 0.6) is 5.75 Å². The van der Waals surface area contributed by atoms with Crippen molar-refractivity contribution in [3.05, 3.63) is 60.7 Å². The minimum Gasteiger partial charge on any atom is -0.744 e. The summed E-state index contributed by atoms with van der Waals surface area (Å²) in [5.74, 6) is -0.622.